The van der Waals surface area contributed by atoms with Gasteiger partial charge in [0.25, 0.3) is 0 Å². The van der Waals surface area contributed by atoms with Crippen LogP contribution in [0.5, 0.6) is 0 Å². The maximum absolute atomic E-state index is 11.7. The number of rotatable bonds is 10. The van der Waals surface area contributed by atoms with Crippen LogP contribution in [0.1, 0.15) is 59.3 Å². The van der Waals surface area contributed by atoms with Crippen LogP contribution in [0, 0.1) is 5.92 Å². The first-order valence-corrected chi connectivity index (χ1v) is 8.42. The van der Waals surface area contributed by atoms with Gasteiger partial charge in [-0.05, 0) is 31.6 Å². The van der Waals surface area contributed by atoms with E-state index < -0.39 is 7.80 Å². The minimum atomic E-state index is -0.929. The van der Waals surface area contributed by atoms with Crippen molar-refractivity contribution in [2.75, 3.05) is 12.3 Å². The van der Waals surface area contributed by atoms with E-state index in [1.807, 2.05) is 0 Å². The fourth-order valence-corrected chi connectivity index (χ4v) is 3.13. The van der Waals surface area contributed by atoms with Gasteiger partial charge in [0.1, 0.15) is 12.3 Å². The van der Waals surface area contributed by atoms with Gasteiger partial charge in [-0.1, -0.05) is 50.3 Å². The molecule has 0 heterocycles. The number of allylic oxidation sites excluding steroid dienone is 2. The SMILES string of the molecule is CCC=CC(C)CC[P+](=O)CCCCCC. The maximum Gasteiger partial charge on any atom is 0.338 e. The van der Waals surface area contributed by atoms with E-state index in [0.717, 1.165) is 31.6 Å². The van der Waals surface area contributed by atoms with Crippen molar-refractivity contribution in [3.63, 3.8) is 0 Å². The maximum atomic E-state index is 11.7. The van der Waals surface area contributed by atoms with Gasteiger partial charge in [0.2, 0.25) is 0 Å². The van der Waals surface area contributed by atoms with E-state index in [2.05, 4.69) is 32.9 Å². The molecule has 0 radical (unpaired) electrons. The van der Waals surface area contributed by atoms with E-state index >= 15 is 0 Å². The van der Waals surface area contributed by atoms with Crippen LogP contribution in [-0.2, 0) is 4.57 Å². The largest absolute Gasteiger partial charge is 0.338 e. The van der Waals surface area contributed by atoms with Gasteiger partial charge in [-0.25, -0.2) is 0 Å². The molecule has 0 spiro atoms. The van der Waals surface area contributed by atoms with Crippen LogP contribution in [0.3, 0.4) is 0 Å². The predicted octanol–water partition coefficient (Wildman–Crippen LogP) is 5.39. The molecular weight excluding hydrogens is 215 g/mol. The highest BCUT2D eigenvalue weighted by Gasteiger charge is 2.14. The fourth-order valence-electron chi connectivity index (χ4n) is 1.64. The van der Waals surface area contributed by atoms with Crippen molar-refractivity contribution in [3.8, 4) is 0 Å². The molecule has 0 amide bonds. The molecule has 0 aromatic heterocycles. The monoisotopic (exact) mass is 243 g/mol. The first-order chi connectivity index (χ1) is 7.70. The van der Waals surface area contributed by atoms with E-state index in [1.165, 1.54) is 19.3 Å². The fraction of sp³-hybridized carbons (Fsp3) is 0.857. The zero-order valence-electron chi connectivity index (χ0n) is 11.2. The second kappa shape index (κ2) is 11.3. The summed E-state index contributed by atoms with van der Waals surface area (Å²) in [7, 11) is -0.929. The van der Waals surface area contributed by atoms with Gasteiger partial charge in [0.05, 0.1) is 0 Å². The standard InChI is InChI=1S/C14H28OP/c1-4-6-8-9-12-16(15)13-11-14(3)10-7-5-2/h7,10,14H,4-6,8-9,11-13H2,1-3H3/q+1. The van der Waals surface area contributed by atoms with E-state index in [1.54, 1.807) is 0 Å². The molecule has 0 N–H and O–H groups in total. The first-order valence-electron chi connectivity index (χ1n) is 6.79. The van der Waals surface area contributed by atoms with Crippen molar-refractivity contribution in [1.82, 2.24) is 0 Å². The lowest BCUT2D eigenvalue weighted by Gasteiger charge is -2.00. The Balaban J connectivity index is 3.45. The molecule has 2 heteroatoms. The molecule has 0 saturated heterocycles. The van der Waals surface area contributed by atoms with Crippen LogP contribution in [0.2, 0.25) is 0 Å². The summed E-state index contributed by atoms with van der Waals surface area (Å²) in [5.41, 5.74) is 0. The molecule has 0 bridgehead atoms. The Bertz CT molecular complexity index is 199. The van der Waals surface area contributed by atoms with Gasteiger partial charge in [-0.15, -0.1) is 0 Å². The van der Waals surface area contributed by atoms with Gasteiger partial charge in [0, 0.05) is 0 Å². The smallest absolute Gasteiger partial charge is 0.0885 e. The van der Waals surface area contributed by atoms with E-state index in [0.29, 0.717) is 5.92 Å². The second-order valence-corrected chi connectivity index (χ2v) is 6.45. The molecule has 0 rings (SSSR count). The second-order valence-electron chi connectivity index (χ2n) is 4.59. The third kappa shape index (κ3) is 10.4. The molecule has 0 fully saturated rings. The molecule has 0 saturated carbocycles. The lowest BCUT2D eigenvalue weighted by molar-refractivity contribution is 0.577. The molecule has 2 atom stereocenters. The van der Waals surface area contributed by atoms with Crippen molar-refractivity contribution in [2.45, 2.75) is 59.3 Å². The van der Waals surface area contributed by atoms with Gasteiger partial charge in [0.15, 0.2) is 0 Å². The Morgan fingerprint density at radius 1 is 1.12 bits per heavy atom. The van der Waals surface area contributed by atoms with Crippen molar-refractivity contribution < 1.29 is 4.57 Å². The molecule has 0 aliphatic carbocycles. The normalized spacial score (nSPS) is 14.3. The Hall–Kier alpha value is -0.160. The summed E-state index contributed by atoms with van der Waals surface area (Å²) < 4.78 is 11.7. The Kier molecular flexibility index (Phi) is 11.2. The van der Waals surface area contributed by atoms with Crippen molar-refractivity contribution in [1.29, 1.82) is 0 Å². The highest BCUT2D eigenvalue weighted by atomic mass is 31.1. The minimum Gasteiger partial charge on any atom is -0.0885 e. The summed E-state index contributed by atoms with van der Waals surface area (Å²) in [6.07, 6.45) is 13.5. The zero-order valence-corrected chi connectivity index (χ0v) is 12.1. The average molecular weight is 243 g/mol. The number of unbranched alkanes of at least 4 members (excludes halogenated alkanes) is 3. The number of hydrogen-bond donors (Lipinski definition) is 0. The third-order valence-electron chi connectivity index (χ3n) is 2.80. The molecule has 0 aromatic carbocycles. The van der Waals surface area contributed by atoms with E-state index in [4.69, 9.17) is 0 Å². The highest BCUT2D eigenvalue weighted by molar-refractivity contribution is 7.44. The van der Waals surface area contributed by atoms with Crippen LogP contribution in [0.25, 0.3) is 0 Å². The summed E-state index contributed by atoms with van der Waals surface area (Å²) in [6, 6.07) is 0. The molecule has 0 aliphatic heterocycles. The molecule has 1 nitrogen and oxygen atoms in total. The summed E-state index contributed by atoms with van der Waals surface area (Å²) in [4.78, 5) is 0. The lowest BCUT2D eigenvalue weighted by atomic mass is 10.1. The third-order valence-corrected chi connectivity index (χ3v) is 4.37. The van der Waals surface area contributed by atoms with Crippen LogP contribution >= 0.6 is 7.80 Å². The molecule has 94 valence electrons. The minimum absolute atomic E-state index is 0.592. The van der Waals surface area contributed by atoms with E-state index in [-0.39, 0.29) is 0 Å². The van der Waals surface area contributed by atoms with Gasteiger partial charge in [-0.2, -0.15) is 0 Å². The lowest BCUT2D eigenvalue weighted by Crippen LogP contribution is -1.93. The van der Waals surface area contributed by atoms with Crippen LogP contribution < -0.4 is 0 Å². The summed E-state index contributed by atoms with van der Waals surface area (Å²) in [6.45, 7) is 6.58. The Morgan fingerprint density at radius 2 is 1.88 bits per heavy atom. The van der Waals surface area contributed by atoms with Gasteiger partial charge in [-0.3, -0.25) is 0 Å². The van der Waals surface area contributed by atoms with Crippen LogP contribution in [0.15, 0.2) is 12.2 Å². The van der Waals surface area contributed by atoms with Crippen molar-refractivity contribution >= 4 is 7.80 Å². The van der Waals surface area contributed by atoms with Crippen molar-refractivity contribution in [3.05, 3.63) is 12.2 Å². The quantitative estimate of drug-likeness (QED) is 0.286. The molecule has 0 aromatic rings. The molecular formula is C14H28OP+. The first kappa shape index (κ1) is 15.8. The summed E-state index contributed by atoms with van der Waals surface area (Å²) in [5.74, 6) is 0.592. The van der Waals surface area contributed by atoms with Gasteiger partial charge >= 0.3 is 7.80 Å². The van der Waals surface area contributed by atoms with Crippen LogP contribution in [0.4, 0.5) is 0 Å². The topological polar surface area (TPSA) is 17.1 Å². The Labute approximate surface area is 102 Å². The Morgan fingerprint density at radius 3 is 2.50 bits per heavy atom. The number of hydrogen-bond acceptors (Lipinski definition) is 1. The zero-order chi connectivity index (χ0) is 12.2. The van der Waals surface area contributed by atoms with Gasteiger partial charge < -0.3 is 0 Å². The van der Waals surface area contributed by atoms with Crippen LogP contribution in [-0.4, -0.2) is 12.3 Å². The average Bonchev–Trinajstić information content (AvgIpc) is 2.29. The highest BCUT2D eigenvalue weighted by Crippen LogP contribution is 2.25. The van der Waals surface area contributed by atoms with E-state index in [9.17, 15) is 4.57 Å². The summed E-state index contributed by atoms with van der Waals surface area (Å²) in [5, 5.41) is 0. The molecule has 16 heavy (non-hydrogen) atoms. The molecule has 0 aliphatic rings. The predicted molar refractivity (Wildman–Crippen MR) is 74.7 cm³/mol. The molecule has 2 unspecified atom stereocenters. The summed E-state index contributed by atoms with van der Waals surface area (Å²) >= 11 is 0. The van der Waals surface area contributed by atoms with Crippen molar-refractivity contribution in [2.24, 2.45) is 5.92 Å².